The Morgan fingerprint density at radius 3 is 3.27 bits per heavy atom. The van der Waals surface area contributed by atoms with Gasteiger partial charge in [-0.1, -0.05) is 0 Å². The third-order valence-corrected chi connectivity index (χ3v) is 3.05. The molecule has 3 heteroatoms. The van der Waals surface area contributed by atoms with Gasteiger partial charge in [-0.05, 0) is 18.9 Å². The summed E-state index contributed by atoms with van der Waals surface area (Å²) >= 11 is 0. The lowest BCUT2D eigenvalue weighted by atomic mass is 9.76. The molecule has 3 nitrogen and oxygen atoms in total. The van der Waals surface area contributed by atoms with Gasteiger partial charge in [0.05, 0.1) is 13.2 Å². The average molecular weight is 157 g/mol. The Morgan fingerprint density at radius 1 is 1.64 bits per heavy atom. The summed E-state index contributed by atoms with van der Waals surface area (Å²) in [6.45, 7) is 3.86. The first kappa shape index (κ1) is 7.53. The zero-order chi connectivity index (χ0) is 7.73. The lowest BCUT2D eigenvalue weighted by Gasteiger charge is -2.36. The van der Waals surface area contributed by atoms with E-state index < -0.39 is 0 Å². The van der Waals surface area contributed by atoms with Crippen LogP contribution in [0.15, 0.2) is 0 Å². The first-order valence-corrected chi connectivity index (χ1v) is 4.27. The van der Waals surface area contributed by atoms with Gasteiger partial charge in [0, 0.05) is 18.6 Å². The number of nitrogens with one attached hydrogen (secondary N) is 1. The van der Waals surface area contributed by atoms with Crippen LogP contribution in [0.1, 0.15) is 6.42 Å². The van der Waals surface area contributed by atoms with Gasteiger partial charge in [0.15, 0.2) is 0 Å². The van der Waals surface area contributed by atoms with E-state index in [1.54, 1.807) is 0 Å². The van der Waals surface area contributed by atoms with Crippen LogP contribution in [-0.4, -0.2) is 38.0 Å². The number of ether oxygens (including phenoxy) is 1. The fourth-order valence-corrected chi connectivity index (χ4v) is 2.16. The summed E-state index contributed by atoms with van der Waals surface area (Å²) in [4.78, 5) is 0. The van der Waals surface area contributed by atoms with Crippen LogP contribution in [0.5, 0.6) is 0 Å². The molecule has 0 amide bonds. The van der Waals surface area contributed by atoms with E-state index in [4.69, 9.17) is 4.74 Å². The fourth-order valence-electron chi connectivity index (χ4n) is 2.16. The number of hydrogen-bond acceptors (Lipinski definition) is 3. The predicted octanol–water partition coefficient (Wildman–Crippen LogP) is -0.395. The van der Waals surface area contributed by atoms with Crippen LogP contribution in [-0.2, 0) is 4.74 Å². The van der Waals surface area contributed by atoms with E-state index in [2.05, 4.69) is 5.32 Å². The van der Waals surface area contributed by atoms with E-state index in [9.17, 15) is 5.11 Å². The highest BCUT2D eigenvalue weighted by molar-refractivity contribution is 4.96. The summed E-state index contributed by atoms with van der Waals surface area (Å²) in [5.74, 6) is 0.640. The van der Waals surface area contributed by atoms with Crippen molar-refractivity contribution in [3.05, 3.63) is 0 Å². The molecule has 0 bridgehead atoms. The number of fused-ring (bicyclic) bond motifs is 1. The molecule has 0 radical (unpaired) electrons. The summed E-state index contributed by atoms with van der Waals surface area (Å²) in [5.41, 5.74) is 0.0538. The second-order valence-corrected chi connectivity index (χ2v) is 3.69. The molecule has 0 aromatic carbocycles. The highest BCUT2D eigenvalue weighted by Gasteiger charge is 2.44. The minimum absolute atomic E-state index is 0.0538. The highest BCUT2D eigenvalue weighted by Crippen LogP contribution is 2.36. The van der Waals surface area contributed by atoms with Crippen molar-refractivity contribution in [1.82, 2.24) is 5.32 Å². The Labute approximate surface area is 66.7 Å². The van der Waals surface area contributed by atoms with Gasteiger partial charge in [-0.25, -0.2) is 0 Å². The summed E-state index contributed by atoms with van der Waals surface area (Å²) in [5, 5.41) is 12.5. The van der Waals surface area contributed by atoms with Crippen molar-refractivity contribution >= 4 is 0 Å². The minimum Gasteiger partial charge on any atom is -0.396 e. The van der Waals surface area contributed by atoms with Crippen molar-refractivity contribution < 1.29 is 9.84 Å². The highest BCUT2D eigenvalue weighted by atomic mass is 16.5. The summed E-state index contributed by atoms with van der Waals surface area (Å²) in [7, 11) is 0. The standard InChI is InChI=1S/C8H15NO2/c10-5-8-4-9-3-7(8)1-2-11-6-8/h7,9-10H,1-6H2/t7-,8+/m0/s1. The SMILES string of the molecule is OC[C@@]12CNC[C@@H]1CCOC2. The molecule has 0 spiro atoms. The number of aliphatic hydroxyl groups is 1. The molecule has 2 N–H and O–H groups in total. The van der Waals surface area contributed by atoms with Gasteiger partial charge < -0.3 is 15.2 Å². The van der Waals surface area contributed by atoms with Crippen LogP contribution < -0.4 is 5.32 Å². The molecule has 2 aliphatic rings. The van der Waals surface area contributed by atoms with E-state index in [1.807, 2.05) is 0 Å². The second-order valence-electron chi connectivity index (χ2n) is 3.69. The molecule has 0 saturated carbocycles. The monoisotopic (exact) mass is 157 g/mol. The van der Waals surface area contributed by atoms with E-state index in [1.165, 1.54) is 0 Å². The zero-order valence-electron chi connectivity index (χ0n) is 6.68. The molecule has 2 aliphatic heterocycles. The van der Waals surface area contributed by atoms with Gasteiger partial charge in [-0.3, -0.25) is 0 Å². The van der Waals surface area contributed by atoms with Crippen LogP contribution in [0.2, 0.25) is 0 Å². The first-order valence-electron chi connectivity index (χ1n) is 4.27. The Kier molecular flexibility index (Phi) is 1.87. The van der Waals surface area contributed by atoms with Crippen molar-refractivity contribution in [2.75, 3.05) is 32.9 Å². The molecule has 2 heterocycles. The van der Waals surface area contributed by atoms with Gasteiger partial charge in [-0.2, -0.15) is 0 Å². The molecule has 2 saturated heterocycles. The van der Waals surface area contributed by atoms with Crippen LogP contribution >= 0.6 is 0 Å². The molecule has 0 unspecified atom stereocenters. The average Bonchev–Trinajstić information content (AvgIpc) is 2.48. The van der Waals surface area contributed by atoms with Crippen LogP contribution in [0.3, 0.4) is 0 Å². The molecule has 64 valence electrons. The lowest BCUT2D eigenvalue weighted by Crippen LogP contribution is -2.42. The van der Waals surface area contributed by atoms with Crippen LogP contribution in [0, 0.1) is 11.3 Å². The number of hydrogen-bond donors (Lipinski definition) is 2. The summed E-state index contributed by atoms with van der Waals surface area (Å²) in [6, 6.07) is 0. The van der Waals surface area contributed by atoms with Gasteiger partial charge >= 0.3 is 0 Å². The van der Waals surface area contributed by atoms with Crippen LogP contribution in [0.25, 0.3) is 0 Å². The summed E-state index contributed by atoms with van der Waals surface area (Å²) < 4.78 is 5.38. The molecule has 0 aromatic heterocycles. The third kappa shape index (κ3) is 1.08. The minimum atomic E-state index is 0.0538. The van der Waals surface area contributed by atoms with Crippen molar-refractivity contribution in [2.45, 2.75) is 6.42 Å². The smallest absolute Gasteiger partial charge is 0.0559 e. The molecule has 11 heavy (non-hydrogen) atoms. The van der Waals surface area contributed by atoms with E-state index in [0.717, 1.165) is 32.7 Å². The number of aliphatic hydroxyl groups excluding tert-OH is 1. The van der Waals surface area contributed by atoms with Crippen molar-refractivity contribution in [1.29, 1.82) is 0 Å². The topological polar surface area (TPSA) is 41.5 Å². The van der Waals surface area contributed by atoms with Gasteiger partial charge in [-0.15, -0.1) is 0 Å². The molecular weight excluding hydrogens is 142 g/mol. The normalized spacial score (nSPS) is 43.9. The van der Waals surface area contributed by atoms with E-state index >= 15 is 0 Å². The molecule has 2 rings (SSSR count). The Hall–Kier alpha value is -0.120. The largest absolute Gasteiger partial charge is 0.396 e. The maximum absolute atomic E-state index is 9.23. The molecule has 2 fully saturated rings. The number of rotatable bonds is 1. The van der Waals surface area contributed by atoms with E-state index in [-0.39, 0.29) is 12.0 Å². The van der Waals surface area contributed by atoms with Crippen LogP contribution in [0.4, 0.5) is 0 Å². The van der Waals surface area contributed by atoms with E-state index in [0.29, 0.717) is 5.92 Å². The molecule has 0 aromatic rings. The quantitative estimate of drug-likeness (QED) is 0.544. The van der Waals surface area contributed by atoms with Gasteiger partial charge in [0.2, 0.25) is 0 Å². The fraction of sp³-hybridized carbons (Fsp3) is 1.00. The van der Waals surface area contributed by atoms with Crippen molar-refractivity contribution in [3.8, 4) is 0 Å². The van der Waals surface area contributed by atoms with Gasteiger partial charge in [0.25, 0.3) is 0 Å². The zero-order valence-corrected chi connectivity index (χ0v) is 6.68. The lowest BCUT2D eigenvalue weighted by molar-refractivity contribution is -0.0545. The van der Waals surface area contributed by atoms with Gasteiger partial charge in [0.1, 0.15) is 0 Å². The predicted molar refractivity (Wildman–Crippen MR) is 41.3 cm³/mol. The molecule has 2 atom stereocenters. The Balaban J connectivity index is 2.12. The second kappa shape index (κ2) is 2.73. The first-order chi connectivity index (χ1) is 5.37. The third-order valence-electron chi connectivity index (χ3n) is 3.05. The van der Waals surface area contributed by atoms with Crippen molar-refractivity contribution in [2.24, 2.45) is 11.3 Å². The molecule has 0 aliphatic carbocycles. The maximum Gasteiger partial charge on any atom is 0.0559 e. The molecular formula is C8H15NO2. The maximum atomic E-state index is 9.23. The van der Waals surface area contributed by atoms with Crippen molar-refractivity contribution in [3.63, 3.8) is 0 Å². The Bertz CT molecular complexity index is 151. The summed E-state index contributed by atoms with van der Waals surface area (Å²) in [6.07, 6.45) is 1.10. The Morgan fingerprint density at radius 2 is 2.55 bits per heavy atom.